The van der Waals surface area contributed by atoms with Crippen LogP contribution in [0.5, 0.6) is 0 Å². The number of hydrogen-bond acceptors (Lipinski definition) is 3. The van der Waals surface area contributed by atoms with Crippen molar-refractivity contribution < 1.29 is 14.7 Å². The fourth-order valence-electron chi connectivity index (χ4n) is 1.48. The van der Waals surface area contributed by atoms with E-state index < -0.39 is 11.9 Å². The monoisotopic (exact) mass is 310 g/mol. The highest BCUT2D eigenvalue weighted by Gasteiger charge is 2.13. The minimum atomic E-state index is -1.21. The lowest BCUT2D eigenvalue weighted by molar-refractivity contribution is 0.0690. The third-order valence-electron chi connectivity index (χ3n) is 2.44. The van der Waals surface area contributed by atoms with E-state index in [1.165, 1.54) is 18.3 Å². The number of anilines is 1. The molecule has 0 bridgehead atoms. The van der Waals surface area contributed by atoms with E-state index in [4.69, 9.17) is 28.3 Å². The zero-order chi connectivity index (χ0) is 14.7. The van der Waals surface area contributed by atoms with E-state index >= 15 is 0 Å². The quantitative estimate of drug-likeness (QED) is 0.911. The molecule has 5 nitrogen and oxygen atoms in total. The zero-order valence-corrected chi connectivity index (χ0v) is 11.4. The summed E-state index contributed by atoms with van der Waals surface area (Å²) in [6, 6.07) is 7.40. The Morgan fingerprint density at radius 3 is 2.65 bits per heavy atom. The van der Waals surface area contributed by atoms with E-state index in [9.17, 15) is 9.59 Å². The molecule has 1 amide bonds. The van der Waals surface area contributed by atoms with Crippen LogP contribution in [0.3, 0.4) is 0 Å². The molecular weight excluding hydrogens is 303 g/mol. The van der Waals surface area contributed by atoms with Crippen LogP contribution in [-0.2, 0) is 0 Å². The van der Waals surface area contributed by atoms with Gasteiger partial charge in [0.2, 0.25) is 0 Å². The summed E-state index contributed by atoms with van der Waals surface area (Å²) in [7, 11) is 0. The molecule has 0 aliphatic heterocycles. The van der Waals surface area contributed by atoms with E-state index in [-0.39, 0.29) is 16.3 Å². The molecule has 0 atom stereocenters. The predicted molar refractivity (Wildman–Crippen MR) is 75.6 cm³/mol. The van der Waals surface area contributed by atoms with Gasteiger partial charge in [0.15, 0.2) is 0 Å². The molecule has 0 aliphatic rings. The van der Waals surface area contributed by atoms with Gasteiger partial charge in [0.1, 0.15) is 5.69 Å². The van der Waals surface area contributed by atoms with Gasteiger partial charge in [-0.2, -0.15) is 0 Å². The van der Waals surface area contributed by atoms with Gasteiger partial charge >= 0.3 is 5.97 Å². The summed E-state index contributed by atoms with van der Waals surface area (Å²) in [4.78, 5) is 26.5. The smallest absolute Gasteiger partial charge is 0.354 e. The van der Waals surface area contributed by atoms with Gasteiger partial charge < -0.3 is 10.4 Å². The van der Waals surface area contributed by atoms with Gasteiger partial charge in [-0.25, -0.2) is 9.78 Å². The number of nitrogens with zero attached hydrogens (tertiary/aromatic N) is 1. The second-order valence-corrected chi connectivity index (χ2v) is 4.58. The van der Waals surface area contributed by atoms with Crippen LogP contribution in [0.15, 0.2) is 36.5 Å². The number of amides is 1. The van der Waals surface area contributed by atoms with Gasteiger partial charge in [-0.05, 0) is 24.3 Å². The lowest BCUT2D eigenvalue weighted by atomic mass is 10.2. The number of hydrogen-bond donors (Lipinski definition) is 2. The zero-order valence-electron chi connectivity index (χ0n) is 9.93. The summed E-state index contributed by atoms with van der Waals surface area (Å²) in [5, 5.41) is 11.9. The maximum absolute atomic E-state index is 12.0. The van der Waals surface area contributed by atoms with Crippen LogP contribution in [0.25, 0.3) is 0 Å². The van der Waals surface area contributed by atoms with Gasteiger partial charge in [-0.1, -0.05) is 29.3 Å². The van der Waals surface area contributed by atoms with E-state index in [0.717, 1.165) is 0 Å². The van der Waals surface area contributed by atoms with Crippen molar-refractivity contribution in [3.63, 3.8) is 0 Å². The van der Waals surface area contributed by atoms with Gasteiger partial charge in [-0.3, -0.25) is 4.79 Å². The molecule has 1 heterocycles. The van der Waals surface area contributed by atoms with E-state index in [1.807, 2.05) is 0 Å². The number of carboxylic acids is 1. The number of halogens is 2. The van der Waals surface area contributed by atoms with Crippen molar-refractivity contribution in [2.75, 3.05) is 5.32 Å². The highest BCUT2D eigenvalue weighted by Crippen LogP contribution is 2.29. The molecule has 1 aromatic heterocycles. The van der Waals surface area contributed by atoms with Crippen molar-refractivity contribution in [3.8, 4) is 0 Å². The average molecular weight is 311 g/mol. The number of benzene rings is 1. The Labute approximate surface area is 124 Å². The minimum Gasteiger partial charge on any atom is -0.477 e. The largest absolute Gasteiger partial charge is 0.477 e. The summed E-state index contributed by atoms with van der Waals surface area (Å²) in [6.45, 7) is 0. The summed E-state index contributed by atoms with van der Waals surface area (Å²) in [6.07, 6.45) is 1.25. The second kappa shape index (κ2) is 5.90. The van der Waals surface area contributed by atoms with E-state index in [2.05, 4.69) is 10.3 Å². The van der Waals surface area contributed by atoms with Gasteiger partial charge in [-0.15, -0.1) is 0 Å². The number of aromatic nitrogens is 1. The number of rotatable bonds is 3. The maximum atomic E-state index is 12.0. The fraction of sp³-hybridized carbons (Fsp3) is 0. The molecule has 2 rings (SSSR count). The molecule has 2 N–H and O–H groups in total. The molecule has 102 valence electrons. The third kappa shape index (κ3) is 3.07. The SMILES string of the molecule is O=C(Nc1cccc(Cl)c1Cl)c1ccnc(C(=O)O)c1. The topological polar surface area (TPSA) is 79.3 Å². The first-order valence-electron chi connectivity index (χ1n) is 5.44. The average Bonchev–Trinajstić information content (AvgIpc) is 2.44. The van der Waals surface area contributed by atoms with Gasteiger partial charge in [0, 0.05) is 11.8 Å². The van der Waals surface area contributed by atoms with Gasteiger partial charge in [0.05, 0.1) is 15.7 Å². The van der Waals surface area contributed by atoms with Crippen LogP contribution in [0.2, 0.25) is 10.0 Å². The van der Waals surface area contributed by atoms with Crippen LogP contribution in [-0.4, -0.2) is 22.0 Å². The lowest BCUT2D eigenvalue weighted by Gasteiger charge is -2.08. The number of aromatic carboxylic acids is 1. The predicted octanol–water partition coefficient (Wildman–Crippen LogP) is 3.34. The first-order valence-corrected chi connectivity index (χ1v) is 6.19. The standard InChI is InChI=1S/C13H8Cl2N2O3/c14-8-2-1-3-9(11(8)15)17-12(18)7-4-5-16-10(6-7)13(19)20/h1-6H,(H,17,18)(H,19,20). The first-order chi connectivity index (χ1) is 9.49. The number of carbonyl (C=O) groups is 2. The molecule has 0 saturated heterocycles. The highest BCUT2D eigenvalue weighted by atomic mass is 35.5. The summed E-state index contributed by atoms with van der Waals surface area (Å²) in [5.74, 6) is -1.71. The van der Waals surface area contributed by atoms with Crippen molar-refractivity contribution in [2.24, 2.45) is 0 Å². The van der Waals surface area contributed by atoms with Crippen molar-refractivity contribution in [2.45, 2.75) is 0 Å². The molecule has 20 heavy (non-hydrogen) atoms. The number of nitrogens with one attached hydrogen (secondary N) is 1. The van der Waals surface area contributed by atoms with Crippen molar-refractivity contribution >= 4 is 40.8 Å². The normalized spacial score (nSPS) is 10.1. The Bertz CT molecular complexity index is 689. The van der Waals surface area contributed by atoms with Crippen molar-refractivity contribution in [1.82, 2.24) is 4.98 Å². The van der Waals surface area contributed by atoms with Crippen LogP contribution in [0, 0.1) is 0 Å². The van der Waals surface area contributed by atoms with E-state index in [1.54, 1.807) is 18.2 Å². The Hall–Kier alpha value is -2.11. The number of carbonyl (C=O) groups excluding carboxylic acids is 1. The second-order valence-electron chi connectivity index (χ2n) is 3.79. The minimum absolute atomic E-state index is 0.161. The molecule has 1 aromatic carbocycles. The Morgan fingerprint density at radius 1 is 1.20 bits per heavy atom. The molecule has 0 aliphatic carbocycles. The molecule has 0 unspecified atom stereocenters. The van der Waals surface area contributed by atoms with Gasteiger partial charge in [0.25, 0.3) is 5.91 Å². The number of pyridine rings is 1. The molecule has 7 heteroatoms. The lowest BCUT2D eigenvalue weighted by Crippen LogP contribution is -2.13. The Morgan fingerprint density at radius 2 is 1.95 bits per heavy atom. The summed E-state index contributed by atoms with van der Waals surface area (Å²) < 4.78 is 0. The Kier molecular flexibility index (Phi) is 4.22. The molecule has 0 fully saturated rings. The third-order valence-corrected chi connectivity index (χ3v) is 3.26. The molecule has 0 radical (unpaired) electrons. The Balaban J connectivity index is 2.26. The van der Waals surface area contributed by atoms with Crippen LogP contribution in [0.4, 0.5) is 5.69 Å². The fourth-order valence-corrected chi connectivity index (χ4v) is 1.83. The van der Waals surface area contributed by atoms with Crippen LogP contribution >= 0.6 is 23.2 Å². The van der Waals surface area contributed by atoms with Crippen molar-refractivity contribution in [1.29, 1.82) is 0 Å². The summed E-state index contributed by atoms with van der Waals surface area (Å²) >= 11 is 11.8. The molecular formula is C13H8Cl2N2O3. The first kappa shape index (κ1) is 14.3. The summed E-state index contributed by atoms with van der Waals surface area (Å²) in [5.41, 5.74) is 0.293. The van der Waals surface area contributed by atoms with Crippen LogP contribution in [0.1, 0.15) is 20.8 Å². The molecule has 2 aromatic rings. The highest BCUT2D eigenvalue weighted by molar-refractivity contribution is 6.44. The van der Waals surface area contributed by atoms with E-state index in [0.29, 0.717) is 10.7 Å². The van der Waals surface area contributed by atoms with Crippen molar-refractivity contribution in [3.05, 3.63) is 57.8 Å². The molecule has 0 saturated carbocycles. The number of carboxylic acid groups (broad SMARTS) is 1. The van der Waals surface area contributed by atoms with Crippen LogP contribution < -0.4 is 5.32 Å². The molecule has 0 spiro atoms. The maximum Gasteiger partial charge on any atom is 0.354 e.